The van der Waals surface area contributed by atoms with E-state index in [-0.39, 0.29) is 0 Å². The molecule has 0 heteroatoms. The number of rotatable bonds is 7. The molecule has 0 aromatic carbocycles. The summed E-state index contributed by atoms with van der Waals surface area (Å²) in [7, 11) is 0. The third-order valence-electron chi connectivity index (χ3n) is 4.23. The van der Waals surface area contributed by atoms with Gasteiger partial charge in [0.25, 0.3) is 0 Å². The molecule has 18 heavy (non-hydrogen) atoms. The van der Waals surface area contributed by atoms with Crippen LogP contribution in [0.1, 0.15) is 105 Å². The lowest BCUT2D eigenvalue weighted by molar-refractivity contribution is 0.385. The summed E-state index contributed by atoms with van der Waals surface area (Å²) in [5.41, 5.74) is 0. The summed E-state index contributed by atoms with van der Waals surface area (Å²) in [6, 6.07) is 0. The standard InChI is InChI=1S/C11H24.C7H14/c1-4-6-7-8-10-11(3)9-5-2;1-7-5-3-2-4-6-7/h11H,4-10H2,1-3H3;7H,2-6H2,1H3. The Morgan fingerprint density at radius 2 is 1.50 bits per heavy atom. The zero-order chi connectivity index (χ0) is 13.6. The van der Waals surface area contributed by atoms with E-state index < -0.39 is 0 Å². The van der Waals surface area contributed by atoms with Crippen molar-refractivity contribution >= 4 is 0 Å². The van der Waals surface area contributed by atoms with Crippen LogP contribution in [0.4, 0.5) is 0 Å². The molecule has 0 radical (unpaired) electrons. The van der Waals surface area contributed by atoms with Crippen LogP contribution < -0.4 is 0 Å². The van der Waals surface area contributed by atoms with Gasteiger partial charge in [-0.25, -0.2) is 0 Å². The van der Waals surface area contributed by atoms with E-state index in [4.69, 9.17) is 0 Å². The molecule has 0 aromatic heterocycles. The van der Waals surface area contributed by atoms with Gasteiger partial charge >= 0.3 is 0 Å². The molecule has 0 amide bonds. The average molecular weight is 255 g/mol. The van der Waals surface area contributed by atoms with Gasteiger partial charge in [-0.2, -0.15) is 0 Å². The average Bonchev–Trinajstić information content (AvgIpc) is 2.37. The van der Waals surface area contributed by atoms with Crippen LogP contribution in [-0.2, 0) is 0 Å². The first-order chi connectivity index (χ1) is 8.70. The fraction of sp³-hybridized carbons (Fsp3) is 1.00. The minimum absolute atomic E-state index is 0.969. The Kier molecular flexibility index (Phi) is 13.4. The van der Waals surface area contributed by atoms with E-state index in [1.165, 1.54) is 77.0 Å². The van der Waals surface area contributed by atoms with Gasteiger partial charge < -0.3 is 0 Å². The quantitative estimate of drug-likeness (QED) is 0.430. The van der Waals surface area contributed by atoms with E-state index in [0.29, 0.717) is 0 Å². The molecule has 0 spiro atoms. The van der Waals surface area contributed by atoms with E-state index in [9.17, 15) is 0 Å². The normalized spacial score (nSPS) is 18.0. The van der Waals surface area contributed by atoms with Gasteiger partial charge in [0.15, 0.2) is 0 Å². The van der Waals surface area contributed by atoms with Gasteiger partial charge in [0.1, 0.15) is 0 Å². The third-order valence-corrected chi connectivity index (χ3v) is 4.23. The van der Waals surface area contributed by atoms with Gasteiger partial charge in [0, 0.05) is 0 Å². The highest BCUT2D eigenvalue weighted by Gasteiger charge is 2.05. The van der Waals surface area contributed by atoms with Crippen molar-refractivity contribution in [3.8, 4) is 0 Å². The molecule has 0 saturated heterocycles. The first-order valence-electron chi connectivity index (χ1n) is 8.70. The summed E-state index contributed by atoms with van der Waals surface area (Å²) >= 11 is 0. The zero-order valence-corrected chi connectivity index (χ0v) is 13.6. The number of hydrogen-bond acceptors (Lipinski definition) is 0. The van der Waals surface area contributed by atoms with Gasteiger partial charge in [-0.05, 0) is 11.8 Å². The van der Waals surface area contributed by atoms with Crippen molar-refractivity contribution in [2.75, 3.05) is 0 Å². The Bertz CT molecular complexity index is 144. The van der Waals surface area contributed by atoms with Crippen LogP contribution in [0.25, 0.3) is 0 Å². The molecule has 0 bridgehead atoms. The maximum absolute atomic E-state index is 2.38. The van der Waals surface area contributed by atoms with Gasteiger partial charge in [-0.3, -0.25) is 0 Å². The number of unbranched alkanes of at least 4 members (excludes halogenated alkanes) is 3. The first-order valence-corrected chi connectivity index (χ1v) is 8.70. The van der Waals surface area contributed by atoms with E-state index in [0.717, 1.165) is 11.8 Å². The molecule has 0 nitrogen and oxygen atoms in total. The summed E-state index contributed by atoms with van der Waals surface area (Å²) in [4.78, 5) is 0. The van der Waals surface area contributed by atoms with Crippen LogP contribution in [0.5, 0.6) is 0 Å². The van der Waals surface area contributed by atoms with Crippen molar-refractivity contribution < 1.29 is 0 Å². The minimum atomic E-state index is 0.969. The second-order valence-electron chi connectivity index (χ2n) is 6.49. The van der Waals surface area contributed by atoms with Gasteiger partial charge in [-0.15, -0.1) is 0 Å². The lowest BCUT2D eigenvalue weighted by atomic mass is 9.91. The topological polar surface area (TPSA) is 0 Å². The van der Waals surface area contributed by atoms with E-state index in [1.54, 1.807) is 0 Å². The van der Waals surface area contributed by atoms with E-state index >= 15 is 0 Å². The molecule has 0 aromatic rings. The van der Waals surface area contributed by atoms with Crippen molar-refractivity contribution in [3.05, 3.63) is 0 Å². The van der Waals surface area contributed by atoms with Crippen molar-refractivity contribution in [1.29, 1.82) is 0 Å². The molecular formula is C18H38. The number of hydrogen-bond donors (Lipinski definition) is 0. The lowest BCUT2D eigenvalue weighted by Crippen LogP contribution is -1.99. The fourth-order valence-corrected chi connectivity index (χ4v) is 2.86. The van der Waals surface area contributed by atoms with Crippen molar-refractivity contribution in [3.63, 3.8) is 0 Å². The maximum atomic E-state index is 2.38. The third kappa shape index (κ3) is 12.5. The Morgan fingerprint density at radius 1 is 0.833 bits per heavy atom. The van der Waals surface area contributed by atoms with Gasteiger partial charge in [-0.1, -0.05) is 105 Å². The highest BCUT2D eigenvalue weighted by molar-refractivity contribution is 4.59. The molecule has 110 valence electrons. The van der Waals surface area contributed by atoms with Crippen molar-refractivity contribution in [2.24, 2.45) is 11.8 Å². The Morgan fingerprint density at radius 3 is 1.94 bits per heavy atom. The van der Waals surface area contributed by atoms with Crippen LogP contribution >= 0.6 is 0 Å². The molecule has 1 aliphatic carbocycles. The summed E-state index contributed by atoms with van der Waals surface area (Å²) in [6.07, 6.45) is 17.4. The van der Waals surface area contributed by atoms with Crippen LogP contribution in [0.15, 0.2) is 0 Å². The molecule has 0 aliphatic heterocycles. The van der Waals surface area contributed by atoms with Crippen LogP contribution in [0, 0.1) is 11.8 Å². The summed E-state index contributed by atoms with van der Waals surface area (Å²) < 4.78 is 0. The van der Waals surface area contributed by atoms with Crippen LogP contribution in [-0.4, -0.2) is 0 Å². The highest BCUT2D eigenvalue weighted by Crippen LogP contribution is 2.22. The summed E-state index contributed by atoms with van der Waals surface area (Å²) in [5.74, 6) is 2.01. The van der Waals surface area contributed by atoms with Gasteiger partial charge in [0.2, 0.25) is 0 Å². The molecule has 1 rings (SSSR count). The Labute approximate surface area is 117 Å². The molecule has 0 heterocycles. The van der Waals surface area contributed by atoms with Gasteiger partial charge in [0.05, 0.1) is 0 Å². The predicted molar refractivity (Wildman–Crippen MR) is 85.1 cm³/mol. The van der Waals surface area contributed by atoms with Crippen LogP contribution in [0.3, 0.4) is 0 Å². The maximum Gasteiger partial charge on any atom is -0.0443 e. The van der Waals surface area contributed by atoms with E-state index in [1.807, 2.05) is 0 Å². The summed E-state index contributed by atoms with van der Waals surface area (Å²) in [5, 5.41) is 0. The SMILES string of the molecule is CC1CCCCC1.CCCCCCC(C)CCC. The largest absolute Gasteiger partial charge is 0.0654 e. The molecule has 1 fully saturated rings. The molecular weight excluding hydrogens is 216 g/mol. The zero-order valence-electron chi connectivity index (χ0n) is 13.6. The molecule has 1 atom stereocenters. The Hall–Kier alpha value is 0. The molecule has 0 N–H and O–H groups in total. The van der Waals surface area contributed by atoms with Crippen molar-refractivity contribution in [1.82, 2.24) is 0 Å². The second-order valence-corrected chi connectivity index (χ2v) is 6.49. The lowest BCUT2D eigenvalue weighted by Gasteiger charge is -2.15. The molecule has 1 saturated carbocycles. The fourth-order valence-electron chi connectivity index (χ4n) is 2.86. The highest BCUT2D eigenvalue weighted by atomic mass is 14.1. The minimum Gasteiger partial charge on any atom is -0.0654 e. The van der Waals surface area contributed by atoms with Crippen molar-refractivity contribution in [2.45, 2.75) is 105 Å². The predicted octanol–water partition coefficient (Wildman–Crippen LogP) is 6.98. The van der Waals surface area contributed by atoms with Crippen LogP contribution in [0.2, 0.25) is 0 Å². The molecule has 1 unspecified atom stereocenters. The summed E-state index contributed by atoms with van der Waals surface area (Å²) in [6.45, 7) is 9.30. The second kappa shape index (κ2) is 13.4. The molecule has 1 aliphatic rings. The monoisotopic (exact) mass is 254 g/mol. The Balaban J connectivity index is 0.000000351. The first kappa shape index (κ1) is 18.0. The smallest absolute Gasteiger partial charge is 0.0443 e. The van der Waals surface area contributed by atoms with E-state index in [2.05, 4.69) is 27.7 Å².